The Morgan fingerprint density at radius 2 is 2.12 bits per heavy atom. The molecule has 0 radical (unpaired) electrons. The number of amides is 2. The topological polar surface area (TPSA) is 118 Å². The van der Waals surface area contributed by atoms with Crippen LogP contribution in [-0.4, -0.2) is 40.2 Å². The van der Waals surface area contributed by atoms with Crippen molar-refractivity contribution in [3.8, 4) is 0 Å². The summed E-state index contributed by atoms with van der Waals surface area (Å²) in [7, 11) is 0. The minimum atomic E-state index is -0.905. The smallest absolute Gasteiger partial charge is 0.321 e. The van der Waals surface area contributed by atoms with Crippen LogP contribution < -0.4 is 10.6 Å². The zero-order valence-electron chi connectivity index (χ0n) is 15.3. The SMILES string of the molecule is CCOC(=O)C1CCCc2sc(NC(=O)NC(C)(C)CCC(=O)O)nc21. The average Bonchev–Trinajstić information content (AvgIpc) is 2.94. The van der Waals surface area contributed by atoms with Crippen molar-refractivity contribution in [3.05, 3.63) is 10.6 Å². The Morgan fingerprint density at radius 3 is 2.77 bits per heavy atom. The molecule has 2 amide bonds. The van der Waals surface area contributed by atoms with E-state index in [1.54, 1.807) is 20.8 Å². The molecule has 0 aliphatic heterocycles. The largest absolute Gasteiger partial charge is 0.481 e. The Kier molecular flexibility index (Phi) is 6.57. The zero-order chi connectivity index (χ0) is 19.3. The lowest BCUT2D eigenvalue weighted by atomic mass is 9.91. The number of fused-ring (bicyclic) bond motifs is 1. The van der Waals surface area contributed by atoms with Gasteiger partial charge in [-0.3, -0.25) is 14.9 Å². The molecule has 9 heteroatoms. The van der Waals surface area contributed by atoms with E-state index in [1.807, 2.05) is 0 Å². The number of nitrogens with zero attached hydrogens (tertiary/aromatic N) is 1. The van der Waals surface area contributed by atoms with Gasteiger partial charge >= 0.3 is 18.0 Å². The molecule has 0 fully saturated rings. The van der Waals surface area contributed by atoms with Crippen LogP contribution in [0.4, 0.5) is 9.93 Å². The zero-order valence-corrected chi connectivity index (χ0v) is 16.1. The Labute approximate surface area is 156 Å². The predicted molar refractivity (Wildman–Crippen MR) is 97.5 cm³/mol. The van der Waals surface area contributed by atoms with Crippen LogP contribution >= 0.6 is 11.3 Å². The van der Waals surface area contributed by atoms with Gasteiger partial charge in [0.15, 0.2) is 5.13 Å². The van der Waals surface area contributed by atoms with Crippen molar-refractivity contribution in [2.24, 2.45) is 0 Å². The number of urea groups is 1. The van der Waals surface area contributed by atoms with Gasteiger partial charge in [-0.05, 0) is 46.5 Å². The number of carbonyl (C=O) groups excluding carboxylic acids is 2. The summed E-state index contributed by atoms with van der Waals surface area (Å²) in [5.41, 5.74) is 0.0347. The number of carboxylic acids is 1. The van der Waals surface area contributed by atoms with Gasteiger partial charge in [0.05, 0.1) is 12.3 Å². The van der Waals surface area contributed by atoms with E-state index in [2.05, 4.69) is 15.6 Å². The summed E-state index contributed by atoms with van der Waals surface area (Å²) in [5.74, 6) is -1.55. The van der Waals surface area contributed by atoms with Crippen LogP contribution in [0.15, 0.2) is 0 Å². The maximum Gasteiger partial charge on any atom is 0.321 e. The van der Waals surface area contributed by atoms with Crippen LogP contribution in [-0.2, 0) is 20.7 Å². The van der Waals surface area contributed by atoms with Gasteiger partial charge in [-0.25, -0.2) is 9.78 Å². The first-order chi connectivity index (χ1) is 12.2. The highest BCUT2D eigenvalue weighted by atomic mass is 32.1. The number of hydrogen-bond acceptors (Lipinski definition) is 6. The highest BCUT2D eigenvalue weighted by Crippen LogP contribution is 2.37. The molecule has 1 aliphatic rings. The fraction of sp³-hybridized carbons (Fsp3) is 0.647. The van der Waals surface area contributed by atoms with Crippen LogP contribution in [0.5, 0.6) is 0 Å². The van der Waals surface area contributed by atoms with E-state index in [4.69, 9.17) is 9.84 Å². The number of carbonyl (C=O) groups is 3. The highest BCUT2D eigenvalue weighted by molar-refractivity contribution is 7.15. The minimum Gasteiger partial charge on any atom is -0.481 e. The molecule has 1 aromatic heterocycles. The van der Waals surface area contributed by atoms with E-state index in [1.165, 1.54) is 11.3 Å². The molecule has 144 valence electrons. The number of aromatic nitrogens is 1. The molecule has 1 unspecified atom stereocenters. The van der Waals surface area contributed by atoms with Crippen molar-refractivity contribution in [1.29, 1.82) is 0 Å². The number of thiazole rings is 1. The van der Waals surface area contributed by atoms with E-state index < -0.39 is 17.5 Å². The molecule has 2 rings (SSSR count). The van der Waals surface area contributed by atoms with Gasteiger partial charge in [-0.1, -0.05) is 0 Å². The van der Waals surface area contributed by atoms with Crippen molar-refractivity contribution in [3.63, 3.8) is 0 Å². The van der Waals surface area contributed by atoms with E-state index in [-0.39, 0.29) is 18.3 Å². The number of anilines is 1. The summed E-state index contributed by atoms with van der Waals surface area (Å²) in [6.07, 6.45) is 2.70. The maximum atomic E-state index is 12.2. The summed E-state index contributed by atoms with van der Waals surface area (Å²) >= 11 is 1.36. The van der Waals surface area contributed by atoms with Crippen molar-refractivity contribution < 1.29 is 24.2 Å². The number of ether oxygens (including phenoxy) is 1. The molecule has 8 nitrogen and oxygen atoms in total. The molecule has 0 saturated heterocycles. The molecule has 0 spiro atoms. The van der Waals surface area contributed by atoms with Gasteiger partial charge in [-0.15, -0.1) is 11.3 Å². The molecule has 1 aliphatic carbocycles. The number of rotatable bonds is 7. The molecule has 0 saturated carbocycles. The minimum absolute atomic E-state index is 0.0277. The summed E-state index contributed by atoms with van der Waals surface area (Å²) in [6.45, 7) is 5.62. The molecule has 0 bridgehead atoms. The molecule has 0 aromatic carbocycles. The fourth-order valence-electron chi connectivity index (χ4n) is 2.86. The average molecular weight is 383 g/mol. The third-order valence-electron chi connectivity index (χ3n) is 4.16. The first-order valence-corrected chi connectivity index (χ1v) is 9.50. The van der Waals surface area contributed by atoms with E-state index >= 15 is 0 Å². The maximum absolute atomic E-state index is 12.2. The van der Waals surface area contributed by atoms with Gasteiger partial charge in [0.2, 0.25) is 0 Å². The Bertz CT molecular complexity index is 686. The lowest BCUT2D eigenvalue weighted by Gasteiger charge is -2.25. The van der Waals surface area contributed by atoms with E-state index in [0.717, 1.165) is 17.7 Å². The van der Waals surface area contributed by atoms with E-state index in [9.17, 15) is 14.4 Å². The van der Waals surface area contributed by atoms with Crippen LogP contribution in [0.1, 0.15) is 62.9 Å². The normalized spacial score (nSPS) is 16.5. The van der Waals surface area contributed by atoms with Crippen LogP contribution in [0.3, 0.4) is 0 Å². The van der Waals surface area contributed by atoms with Crippen LogP contribution in [0, 0.1) is 0 Å². The summed E-state index contributed by atoms with van der Waals surface area (Å²) in [4.78, 5) is 40.4. The van der Waals surface area contributed by atoms with Crippen molar-refractivity contribution in [1.82, 2.24) is 10.3 Å². The molecule has 1 heterocycles. The van der Waals surface area contributed by atoms with Gasteiger partial charge in [0.1, 0.15) is 5.92 Å². The molecular weight excluding hydrogens is 358 g/mol. The highest BCUT2D eigenvalue weighted by Gasteiger charge is 2.31. The number of nitrogens with one attached hydrogen (secondary N) is 2. The lowest BCUT2D eigenvalue weighted by Crippen LogP contribution is -2.45. The first-order valence-electron chi connectivity index (χ1n) is 8.69. The molecule has 26 heavy (non-hydrogen) atoms. The molecule has 3 N–H and O–H groups in total. The predicted octanol–water partition coefficient (Wildman–Crippen LogP) is 2.89. The fourth-order valence-corrected chi connectivity index (χ4v) is 3.92. The number of esters is 1. The Morgan fingerprint density at radius 1 is 1.38 bits per heavy atom. The van der Waals surface area contributed by atoms with Crippen LogP contribution in [0.25, 0.3) is 0 Å². The number of hydrogen-bond donors (Lipinski definition) is 3. The number of carboxylic acid groups (broad SMARTS) is 1. The third kappa shape index (κ3) is 5.42. The Hall–Kier alpha value is -2.16. The Balaban J connectivity index is 2.01. The van der Waals surface area contributed by atoms with Gasteiger partial charge < -0.3 is 15.2 Å². The van der Waals surface area contributed by atoms with Crippen molar-refractivity contribution >= 4 is 34.4 Å². The van der Waals surface area contributed by atoms with Gasteiger partial charge in [-0.2, -0.15) is 0 Å². The number of aliphatic carboxylic acids is 1. The molecular formula is C17H25N3O5S. The monoisotopic (exact) mass is 383 g/mol. The van der Waals surface area contributed by atoms with Crippen molar-refractivity contribution in [2.75, 3.05) is 11.9 Å². The molecule has 1 atom stereocenters. The standard InChI is InChI=1S/C17H25N3O5S/c1-4-25-14(23)10-6-5-7-11-13(10)18-16(26-11)19-15(24)20-17(2,3)9-8-12(21)22/h10H,4-9H2,1-3H3,(H,21,22)(H2,18,19,20,24). The second kappa shape index (κ2) is 8.48. The van der Waals surface area contributed by atoms with Crippen molar-refractivity contribution in [2.45, 2.75) is 64.3 Å². The number of aryl methyl sites for hydroxylation is 1. The third-order valence-corrected chi connectivity index (χ3v) is 5.21. The second-order valence-electron chi connectivity index (χ2n) is 6.88. The van der Waals surface area contributed by atoms with Gasteiger partial charge in [0, 0.05) is 16.8 Å². The summed E-state index contributed by atoms with van der Waals surface area (Å²) in [5, 5.41) is 14.7. The molecule has 1 aromatic rings. The lowest BCUT2D eigenvalue weighted by molar-refractivity contribution is -0.145. The quantitative estimate of drug-likeness (QED) is 0.623. The van der Waals surface area contributed by atoms with Crippen LogP contribution in [0.2, 0.25) is 0 Å². The first kappa shape index (κ1) is 20.2. The summed E-state index contributed by atoms with van der Waals surface area (Å²) < 4.78 is 5.12. The summed E-state index contributed by atoms with van der Waals surface area (Å²) in [6, 6.07) is -0.445. The second-order valence-corrected chi connectivity index (χ2v) is 7.96. The van der Waals surface area contributed by atoms with Gasteiger partial charge in [0.25, 0.3) is 0 Å². The van der Waals surface area contributed by atoms with E-state index in [0.29, 0.717) is 30.3 Å².